The molecule has 0 saturated carbocycles. The first-order valence-corrected chi connectivity index (χ1v) is 8.00. The Kier molecular flexibility index (Phi) is 4.10. The predicted octanol–water partition coefficient (Wildman–Crippen LogP) is 2.88. The Balaban J connectivity index is 1.48. The van der Waals surface area contributed by atoms with Gasteiger partial charge in [0.05, 0.1) is 18.4 Å². The van der Waals surface area contributed by atoms with Gasteiger partial charge >= 0.3 is 0 Å². The summed E-state index contributed by atoms with van der Waals surface area (Å²) in [5.74, 6) is -0.910. The van der Waals surface area contributed by atoms with Crippen molar-refractivity contribution in [1.82, 2.24) is 25.3 Å². The molecule has 2 heterocycles. The van der Waals surface area contributed by atoms with Crippen LogP contribution < -0.4 is 5.32 Å². The number of rotatable bonds is 4. The van der Waals surface area contributed by atoms with Gasteiger partial charge in [0.2, 0.25) is 0 Å². The molecule has 1 N–H and O–H groups in total. The summed E-state index contributed by atoms with van der Waals surface area (Å²) in [6.07, 6.45) is 3.25. The molecule has 7 heteroatoms. The number of aromatic nitrogens is 4. The third-order valence-corrected chi connectivity index (χ3v) is 3.91. The number of fused-ring (bicyclic) bond motifs is 1. The van der Waals surface area contributed by atoms with E-state index in [2.05, 4.69) is 20.6 Å². The molecule has 6 nitrogen and oxygen atoms in total. The summed E-state index contributed by atoms with van der Waals surface area (Å²) in [6, 6.07) is 15.8. The topological polar surface area (TPSA) is 72.7 Å². The molecule has 1 amide bonds. The summed E-state index contributed by atoms with van der Waals surface area (Å²) >= 11 is 0. The maximum absolute atomic E-state index is 14.1. The molecule has 0 saturated heterocycles. The molecular formula is C19H14FN5O. The first-order chi connectivity index (χ1) is 12.7. The van der Waals surface area contributed by atoms with Crippen LogP contribution in [0.3, 0.4) is 0 Å². The van der Waals surface area contributed by atoms with Crippen LogP contribution in [-0.4, -0.2) is 25.9 Å². The van der Waals surface area contributed by atoms with Gasteiger partial charge in [0.15, 0.2) is 0 Å². The van der Waals surface area contributed by atoms with E-state index in [1.54, 1.807) is 29.1 Å². The number of hydrogen-bond donors (Lipinski definition) is 1. The minimum Gasteiger partial charge on any atom is -0.346 e. The first kappa shape index (κ1) is 15.9. The van der Waals surface area contributed by atoms with Crippen molar-refractivity contribution in [3.05, 3.63) is 84.1 Å². The monoisotopic (exact) mass is 347 g/mol. The average Bonchev–Trinajstić information content (AvgIpc) is 3.16. The summed E-state index contributed by atoms with van der Waals surface area (Å²) < 4.78 is 15.7. The van der Waals surface area contributed by atoms with Crippen molar-refractivity contribution >= 4 is 16.8 Å². The van der Waals surface area contributed by atoms with Gasteiger partial charge in [0.1, 0.15) is 17.0 Å². The van der Waals surface area contributed by atoms with E-state index < -0.39 is 5.82 Å². The van der Waals surface area contributed by atoms with E-state index in [-0.39, 0.29) is 23.5 Å². The van der Waals surface area contributed by atoms with E-state index in [0.717, 1.165) is 5.69 Å². The zero-order valence-corrected chi connectivity index (χ0v) is 13.6. The Hall–Kier alpha value is -3.61. The molecule has 128 valence electrons. The highest BCUT2D eigenvalue weighted by Gasteiger charge is 2.12. The second kappa shape index (κ2) is 6.72. The number of pyridine rings is 1. The maximum Gasteiger partial charge on any atom is 0.251 e. The van der Waals surface area contributed by atoms with Gasteiger partial charge in [-0.2, -0.15) is 0 Å². The number of nitrogens with one attached hydrogen (secondary N) is 1. The van der Waals surface area contributed by atoms with E-state index in [1.165, 1.54) is 12.3 Å². The number of hydrogen-bond acceptors (Lipinski definition) is 4. The number of para-hydroxylation sites is 1. The van der Waals surface area contributed by atoms with Crippen molar-refractivity contribution in [2.24, 2.45) is 0 Å². The lowest BCUT2D eigenvalue weighted by atomic mass is 10.1. The van der Waals surface area contributed by atoms with E-state index in [0.29, 0.717) is 11.1 Å². The van der Waals surface area contributed by atoms with Gasteiger partial charge in [-0.15, -0.1) is 5.10 Å². The fraction of sp³-hybridized carbons (Fsp3) is 0.0526. The van der Waals surface area contributed by atoms with Gasteiger partial charge in [-0.1, -0.05) is 29.5 Å². The van der Waals surface area contributed by atoms with Gasteiger partial charge in [0, 0.05) is 17.1 Å². The number of carbonyl (C=O) groups excluding carboxylic acids is 1. The molecular weight excluding hydrogens is 333 g/mol. The van der Waals surface area contributed by atoms with Crippen molar-refractivity contribution in [2.45, 2.75) is 6.54 Å². The number of halogens is 1. The number of amides is 1. The Morgan fingerprint density at radius 2 is 1.96 bits per heavy atom. The van der Waals surface area contributed by atoms with Crippen molar-refractivity contribution in [2.75, 3.05) is 0 Å². The fourth-order valence-corrected chi connectivity index (χ4v) is 2.64. The summed E-state index contributed by atoms with van der Waals surface area (Å²) in [5.41, 5.74) is 1.96. The highest BCUT2D eigenvalue weighted by atomic mass is 19.1. The maximum atomic E-state index is 14.1. The molecule has 4 aromatic rings. The van der Waals surface area contributed by atoms with Gasteiger partial charge < -0.3 is 5.32 Å². The minimum atomic E-state index is -0.525. The molecule has 4 rings (SSSR count). The van der Waals surface area contributed by atoms with Crippen LogP contribution in [0.25, 0.3) is 16.6 Å². The standard InChI is InChI=1S/C19H14FN5O/c20-17-10-14(9-13-5-4-8-21-18(13)17)19(26)22-11-15-12-25(24-23-15)16-6-2-1-3-7-16/h1-10,12H,11H2,(H,22,26). The second-order valence-corrected chi connectivity index (χ2v) is 5.71. The van der Waals surface area contributed by atoms with Crippen LogP contribution in [0.2, 0.25) is 0 Å². The summed E-state index contributed by atoms with van der Waals surface area (Å²) in [4.78, 5) is 16.3. The number of nitrogens with zero attached hydrogens (tertiary/aromatic N) is 4. The fourth-order valence-electron chi connectivity index (χ4n) is 2.64. The smallest absolute Gasteiger partial charge is 0.251 e. The molecule has 0 radical (unpaired) electrons. The molecule has 0 aliphatic carbocycles. The molecule has 0 atom stereocenters. The normalized spacial score (nSPS) is 10.8. The van der Waals surface area contributed by atoms with Gasteiger partial charge in [-0.05, 0) is 30.3 Å². The van der Waals surface area contributed by atoms with Crippen LogP contribution in [0.5, 0.6) is 0 Å². The minimum absolute atomic E-state index is 0.193. The van der Waals surface area contributed by atoms with Crippen molar-refractivity contribution in [3.63, 3.8) is 0 Å². The molecule has 0 unspecified atom stereocenters. The average molecular weight is 347 g/mol. The summed E-state index contributed by atoms with van der Waals surface area (Å²) in [7, 11) is 0. The molecule has 0 bridgehead atoms. The van der Waals surface area contributed by atoms with Crippen molar-refractivity contribution < 1.29 is 9.18 Å². The van der Waals surface area contributed by atoms with Crippen molar-refractivity contribution in [3.8, 4) is 5.69 Å². The van der Waals surface area contributed by atoms with Gasteiger partial charge in [-0.3, -0.25) is 9.78 Å². The van der Waals surface area contributed by atoms with E-state index in [9.17, 15) is 9.18 Å². The third kappa shape index (κ3) is 3.14. The first-order valence-electron chi connectivity index (χ1n) is 8.00. The zero-order valence-electron chi connectivity index (χ0n) is 13.6. The molecule has 2 aromatic carbocycles. The van der Waals surface area contributed by atoms with E-state index in [4.69, 9.17) is 0 Å². The third-order valence-electron chi connectivity index (χ3n) is 3.91. The molecule has 0 aliphatic heterocycles. The quantitative estimate of drug-likeness (QED) is 0.616. The molecule has 0 spiro atoms. The Bertz CT molecular complexity index is 1080. The lowest BCUT2D eigenvalue weighted by molar-refractivity contribution is 0.0950. The number of benzene rings is 2. The SMILES string of the molecule is O=C(NCc1cn(-c2ccccc2)nn1)c1cc(F)c2ncccc2c1. The summed E-state index contributed by atoms with van der Waals surface area (Å²) in [5, 5.41) is 11.4. The van der Waals surface area contributed by atoms with Crippen LogP contribution in [0, 0.1) is 5.82 Å². The number of carbonyl (C=O) groups is 1. The van der Waals surface area contributed by atoms with Crippen LogP contribution in [-0.2, 0) is 6.54 Å². The van der Waals surface area contributed by atoms with E-state index >= 15 is 0 Å². The Morgan fingerprint density at radius 1 is 1.12 bits per heavy atom. The van der Waals surface area contributed by atoms with Crippen LogP contribution >= 0.6 is 0 Å². The van der Waals surface area contributed by atoms with Crippen LogP contribution in [0.4, 0.5) is 4.39 Å². The largest absolute Gasteiger partial charge is 0.346 e. The zero-order chi connectivity index (χ0) is 17.9. The lowest BCUT2D eigenvalue weighted by Crippen LogP contribution is -2.23. The Morgan fingerprint density at radius 3 is 2.81 bits per heavy atom. The predicted molar refractivity (Wildman–Crippen MR) is 94.2 cm³/mol. The highest BCUT2D eigenvalue weighted by Crippen LogP contribution is 2.17. The van der Waals surface area contributed by atoms with E-state index in [1.807, 2.05) is 30.3 Å². The molecule has 26 heavy (non-hydrogen) atoms. The van der Waals surface area contributed by atoms with Gasteiger partial charge in [0.25, 0.3) is 5.91 Å². The summed E-state index contributed by atoms with van der Waals surface area (Å²) in [6.45, 7) is 0.193. The van der Waals surface area contributed by atoms with Crippen LogP contribution in [0.15, 0.2) is 67.0 Å². The van der Waals surface area contributed by atoms with Crippen molar-refractivity contribution in [1.29, 1.82) is 0 Å². The lowest BCUT2D eigenvalue weighted by Gasteiger charge is -2.05. The van der Waals surface area contributed by atoms with Crippen LogP contribution in [0.1, 0.15) is 16.1 Å². The van der Waals surface area contributed by atoms with Gasteiger partial charge in [-0.25, -0.2) is 9.07 Å². The second-order valence-electron chi connectivity index (χ2n) is 5.71. The molecule has 0 aliphatic rings. The highest BCUT2D eigenvalue weighted by molar-refractivity contribution is 5.98. The molecule has 0 fully saturated rings. The molecule has 2 aromatic heterocycles. The Labute approximate surface area is 148 Å².